The summed E-state index contributed by atoms with van der Waals surface area (Å²) in [6.45, 7) is 5.02. The topological polar surface area (TPSA) is 89.5 Å². The predicted octanol–water partition coefficient (Wildman–Crippen LogP) is 2.81. The van der Waals surface area contributed by atoms with Crippen LogP contribution in [-0.4, -0.2) is 59.4 Å². The number of nitrogen functional groups attached to an aromatic ring is 1. The molecule has 176 valence electrons. The van der Waals surface area contributed by atoms with Gasteiger partial charge in [0.25, 0.3) is 5.56 Å². The molecule has 3 heterocycles. The Kier molecular flexibility index (Phi) is 6.31. The Hall–Kier alpha value is -3.65. The molecule has 2 aromatic carbocycles. The molecule has 4 aromatic rings. The lowest BCUT2D eigenvalue weighted by Gasteiger charge is -2.35. The number of anilines is 1. The van der Waals surface area contributed by atoms with Crippen LogP contribution in [0.5, 0.6) is 5.75 Å². The van der Waals surface area contributed by atoms with Crippen LogP contribution in [0.2, 0.25) is 0 Å². The fourth-order valence-corrected chi connectivity index (χ4v) is 4.58. The van der Waals surface area contributed by atoms with Crippen LogP contribution in [0.15, 0.2) is 59.4 Å². The number of aryl methyl sites for hydroxylation is 1. The molecule has 2 N–H and O–H groups in total. The molecule has 0 atom stereocenters. The first-order chi connectivity index (χ1) is 16.6. The summed E-state index contributed by atoms with van der Waals surface area (Å²) >= 11 is 0. The molecule has 0 amide bonds. The average molecular weight is 459 g/mol. The Bertz CT molecular complexity index is 1360. The van der Waals surface area contributed by atoms with E-state index >= 15 is 0 Å². The van der Waals surface area contributed by atoms with Crippen LogP contribution in [0.3, 0.4) is 0 Å². The third kappa shape index (κ3) is 4.54. The van der Waals surface area contributed by atoms with Crippen molar-refractivity contribution in [1.29, 1.82) is 0 Å². The quantitative estimate of drug-likeness (QED) is 0.336. The van der Waals surface area contributed by atoms with Crippen LogP contribution in [0.1, 0.15) is 18.7 Å². The van der Waals surface area contributed by atoms with Gasteiger partial charge in [0, 0.05) is 38.0 Å². The highest BCUT2D eigenvalue weighted by atomic mass is 16.5. The highest BCUT2D eigenvalue weighted by Crippen LogP contribution is 2.20. The summed E-state index contributed by atoms with van der Waals surface area (Å²) in [6.07, 6.45) is 2.64. The molecule has 0 unspecified atom stereocenters. The van der Waals surface area contributed by atoms with Crippen LogP contribution in [0, 0.1) is 0 Å². The second-order valence-electron chi connectivity index (χ2n) is 8.73. The van der Waals surface area contributed by atoms with Gasteiger partial charge in [-0.05, 0) is 55.8 Å². The first-order valence-corrected chi connectivity index (χ1v) is 11.8. The summed E-state index contributed by atoms with van der Waals surface area (Å²) in [5.74, 6) is 8.35. The first-order valence-electron chi connectivity index (χ1n) is 11.8. The summed E-state index contributed by atoms with van der Waals surface area (Å²) in [5, 5.41) is 1.65. The number of fused-ring (bicyclic) bond motifs is 2. The SMILES string of the molecule is COc1ccc2nc(CCCCN3CCN(c4ccc5ccccc5n4)CC3)n(N)c(=O)c2c1. The monoisotopic (exact) mass is 458 g/mol. The molecule has 0 bridgehead atoms. The van der Waals surface area contributed by atoms with Crippen molar-refractivity contribution < 1.29 is 4.74 Å². The van der Waals surface area contributed by atoms with Gasteiger partial charge in [-0.15, -0.1) is 0 Å². The first kappa shape index (κ1) is 22.2. The van der Waals surface area contributed by atoms with E-state index in [1.807, 2.05) is 24.3 Å². The van der Waals surface area contributed by atoms with Gasteiger partial charge >= 0.3 is 0 Å². The smallest absolute Gasteiger partial charge is 0.279 e. The molecule has 1 saturated heterocycles. The van der Waals surface area contributed by atoms with Gasteiger partial charge in [0.1, 0.15) is 17.4 Å². The van der Waals surface area contributed by atoms with Crippen molar-refractivity contribution in [2.24, 2.45) is 0 Å². The number of pyridine rings is 1. The number of para-hydroxylation sites is 1. The number of ether oxygens (including phenoxy) is 1. The highest BCUT2D eigenvalue weighted by molar-refractivity contribution is 5.80. The molecule has 1 aliphatic rings. The van der Waals surface area contributed by atoms with Crippen LogP contribution in [-0.2, 0) is 6.42 Å². The number of piperazine rings is 1. The van der Waals surface area contributed by atoms with E-state index in [2.05, 4.69) is 39.0 Å². The van der Waals surface area contributed by atoms with E-state index in [1.165, 1.54) is 10.1 Å². The van der Waals surface area contributed by atoms with Gasteiger partial charge in [-0.2, -0.15) is 0 Å². The maximum Gasteiger partial charge on any atom is 0.279 e. The van der Waals surface area contributed by atoms with Crippen LogP contribution < -0.4 is 21.0 Å². The fraction of sp³-hybridized carbons (Fsp3) is 0.346. The molecule has 1 aliphatic heterocycles. The zero-order valence-corrected chi connectivity index (χ0v) is 19.5. The molecule has 5 rings (SSSR count). The number of nitrogens with two attached hydrogens (primary N) is 1. The number of benzene rings is 2. The van der Waals surface area contributed by atoms with Crippen molar-refractivity contribution in [1.82, 2.24) is 19.5 Å². The van der Waals surface area contributed by atoms with Crippen molar-refractivity contribution >= 4 is 27.6 Å². The number of aromatic nitrogens is 3. The van der Waals surface area contributed by atoms with Crippen molar-refractivity contribution in [3.05, 3.63) is 70.8 Å². The van der Waals surface area contributed by atoms with E-state index in [4.69, 9.17) is 15.6 Å². The maximum absolute atomic E-state index is 12.6. The normalized spacial score (nSPS) is 14.7. The standard InChI is InChI=1S/C26H30N6O2/c1-34-20-10-11-23-21(18-20)26(33)32(27)25(29-23)8-4-5-13-30-14-16-31(17-15-30)24-12-9-19-6-2-3-7-22(19)28-24/h2-3,6-7,9-12,18H,4-5,8,13-17,27H2,1H3. The van der Waals surface area contributed by atoms with Crippen molar-refractivity contribution in [3.8, 4) is 5.75 Å². The number of hydrogen-bond acceptors (Lipinski definition) is 7. The molecule has 2 aromatic heterocycles. The third-order valence-corrected chi connectivity index (χ3v) is 6.59. The van der Waals surface area contributed by atoms with E-state index in [0.29, 0.717) is 28.9 Å². The third-order valence-electron chi connectivity index (χ3n) is 6.59. The van der Waals surface area contributed by atoms with Gasteiger partial charge in [-0.1, -0.05) is 18.2 Å². The molecule has 0 radical (unpaired) electrons. The summed E-state index contributed by atoms with van der Waals surface area (Å²) in [4.78, 5) is 26.9. The maximum atomic E-state index is 12.6. The molecule has 34 heavy (non-hydrogen) atoms. The number of nitrogens with zero attached hydrogens (tertiary/aromatic N) is 5. The van der Waals surface area contributed by atoms with E-state index in [1.54, 1.807) is 13.2 Å². The lowest BCUT2D eigenvalue weighted by atomic mass is 10.2. The number of hydrogen-bond donors (Lipinski definition) is 1. The Labute approximate surface area is 198 Å². The average Bonchev–Trinajstić information content (AvgIpc) is 2.89. The summed E-state index contributed by atoms with van der Waals surface area (Å²) in [7, 11) is 1.57. The Morgan fingerprint density at radius 2 is 1.76 bits per heavy atom. The largest absolute Gasteiger partial charge is 0.497 e. The summed E-state index contributed by atoms with van der Waals surface area (Å²) in [6, 6.07) is 17.8. The van der Waals surface area contributed by atoms with E-state index in [9.17, 15) is 4.79 Å². The number of methoxy groups -OCH3 is 1. The second-order valence-corrected chi connectivity index (χ2v) is 8.73. The summed E-state index contributed by atoms with van der Waals surface area (Å²) < 4.78 is 6.38. The van der Waals surface area contributed by atoms with Crippen LogP contribution in [0.4, 0.5) is 5.82 Å². The fourth-order valence-electron chi connectivity index (χ4n) is 4.58. The van der Waals surface area contributed by atoms with Crippen LogP contribution in [0.25, 0.3) is 21.8 Å². The minimum atomic E-state index is -0.239. The van der Waals surface area contributed by atoms with E-state index in [0.717, 1.165) is 56.9 Å². The minimum Gasteiger partial charge on any atom is -0.497 e. The predicted molar refractivity (Wildman–Crippen MR) is 136 cm³/mol. The number of rotatable bonds is 7. The van der Waals surface area contributed by atoms with Crippen molar-refractivity contribution in [2.45, 2.75) is 19.3 Å². The molecular formula is C26H30N6O2. The number of unbranched alkanes of at least 4 members (excludes halogenated alkanes) is 1. The zero-order chi connectivity index (χ0) is 23.5. The van der Waals surface area contributed by atoms with E-state index in [-0.39, 0.29) is 5.56 Å². The lowest BCUT2D eigenvalue weighted by molar-refractivity contribution is 0.252. The van der Waals surface area contributed by atoms with Gasteiger partial charge in [0.05, 0.1) is 23.5 Å². The second kappa shape index (κ2) is 9.69. The van der Waals surface area contributed by atoms with Gasteiger partial charge in [0.15, 0.2) is 0 Å². The van der Waals surface area contributed by atoms with Crippen molar-refractivity contribution in [2.75, 3.05) is 50.6 Å². The molecule has 1 fully saturated rings. The molecule has 0 spiro atoms. The van der Waals surface area contributed by atoms with Gasteiger partial charge in [-0.25, -0.2) is 14.6 Å². The van der Waals surface area contributed by atoms with Gasteiger partial charge in [0.2, 0.25) is 0 Å². The molecule has 0 saturated carbocycles. The molecule has 0 aliphatic carbocycles. The van der Waals surface area contributed by atoms with Crippen LogP contribution >= 0.6 is 0 Å². The lowest BCUT2D eigenvalue weighted by Crippen LogP contribution is -2.46. The minimum absolute atomic E-state index is 0.239. The zero-order valence-electron chi connectivity index (χ0n) is 19.5. The Balaban J connectivity index is 1.13. The van der Waals surface area contributed by atoms with E-state index < -0.39 is 0 Å². The molecule has 8 heteroatoms. The molecular weight excluding hydrogens is 428 g/mol. The Morgan fingerprint density at radius 1 is 0.941 bits per heavy atom. The molecule has 8 nitrogen and oxygen atoms in total. The summed E-state index contributed by atoms with van der Waals surface area (Å²) in [5.41, 5.74) is 1.46. The van der Waals surface area contributed by atoms with Gasteiger partial charge in [-0.3, -0.25) is 9.69 Å². The van der Waals surface area contributed by atoms with Crippen molar-refractivity contribution in [3.63, 3.8) is 0 Å². The Morgan fingerprint density at radius 3 is 2.59 bits per heavy atom. The van der Waals surface area contributed by atoms with Gasteiger partial charge < -0.3 is 15.5 Å². The highest BCUT2D eigenvalue weighted by Gasteiger charge is 2.18.